The SMILES string of the molecule is O=C(O)C(CCCCNS(=O)(=O)c1cccc2ccccc12)NS(=O)(=O)c1ccc(-c2ccc(Br)cc2)cc1. The molecule has 0 aliphatic rings. The summed E-state index contributed by atoms with van der Waals surface area (Å²) < 4.78 is 57.1. The van der Waals surface area contributed by atoms with Gasteiger partial charge in [0.05, 0.1) is 9.79 Å². The van der Waals surface area contributed by atoms with E-state index in [1.165, 1.54) is 18.2 Å². The van der Waals surface area contributed by atoms with Gasteiger partial charge in [-0.05, 0) is 66.1 Å². The number of carbonyl (C=O) groups is 1. The third-order valence-corrected chi connectivity index (χ3v) is 9.72. The number of rotatable bonds is 12. The van der Waals surface area contributed by atoms with E-state index < -0.39 is 32.1 Å². The highest BCUT2D eigenvalue weighted by atomic mass is 79.9. The highest BCUT2D eigenvalue weighted by Crippen LogP contribution is 2.24. The second kappa shape index (κ2) is 12.4. The molecule has 8 nitrogen and oxygen atoms in total. The van der Waals surface area contributed by atoms with Crippen LogP contribution < -0.4 is 9.44 Å². The molecular formula is C28H27BrN2O6S2. The maximum absolute atomic E-state index is 12.9. The van der Waals surface area contributed by atoms with Crippen LogP contribution in [0, 0.1) is 0 Å². The lowest BCUT2D eigenvalue weighted by Crippen LogP contribution is -2.40. The summed E-state index contributed by atoms with van der Waals surface area (Å²) >= 11 is 3.38. The third kappa shape index (κ3) is 7.31. The molecular weight excluding hydrogens is 604 g/mol. The van der Waals surface area contributed by atoms with Crippen molar-refractivity contribution in [2.75, 3.05) is 6.54 Å². The lowest BCUT2D eigenvalue weighted by atomic mass is 10.1. The van der Waals surface area contributed by atoms with Gasteiger partial charge in [0.2, 0.25) is 20.0 Å². The molecule has 1 unspecified atom stereocenters. The first-order valence-electron chi connectivity index (χ1n) is 12.2. The van der Waals surface area contributed by atoms with E-state index in [-0.39, 0.29) is 22.8 Å². The number of carboxylic acid groups (broad SMARTS) is 1. The fraction of sp³-hybridized carbons (Fsp3) is 0.179. The normalized spacial score (nSPS) is 12.8. The van der Waals surface area contributed by atoms with Crippen LogP contribution in [0.1, 0.15) is 19.3 Å². The van der Waals surface area contributed by atoms with E-state index in [1.807, 2.05) is 42.5 Å². The topological polar surface area (TPSA) is 130 Å². The number of unbranched alkanes of at least 4 members (excludes halogenated alkanes) is 1. The average Bonchev–Trinajstić information content (AvgIpc) is 2.92. The predicted octanol–water partition coefficient (Wildman–Crippen LogP) is 5.15. The smallest absolute Gasteiger partial charge is 0.321 e. The van der Waals surface area contributed by atoms with Crippen LogP contribution >= 0.6 is 15.9 Å². The van der Waals surface area contributed by atoms with E-state index >= 15 is 0 Å². The Labute approximate surface area is 236 Å². The van der Waals surface area contributed by atoms with E-state index in [2.05, 4.69) is 25.4 Å². The van der Waals surface area contributed by atoms with Crippen LogP contribution in [0.25, 0.3) is 21.9 Å². The molecule has 0 saturated carbocycles. The van der Waals surface area contributed by atoms with Crippen molar-refractivity contribution in [2.45, 2.75) is 35.1 Å². The molecule has 0 amide bonds. The van der Waals surface area contributed by atoms with Crippen LogP contribution in [-0.4, -0.2) is 40.5 Å². The maximum atomic E-state index is 12.9. The van der Waals surface area contributed by atoms with E-state index in [1.54, 1.807) is 30.3 Å². The molecule has 0 spiro atoms. The summed E-state index contributed by atoms with van der Waals surface area (Å²) in [4.78, 5) is 11.9. The number of hydrogen-bond donors (Lipinski definition) is 3. The Kier molecular flexibility index (Phi) is 9.19. The monoisotopic (exact) mass is 630 g/mol. The predicted molar refractivity (Wildman–Crippen MR) is 154 cm³/mol. The first-order valence-corrected chi connectivity index (χ1v) is 15.9. The maximum Gasteiger partial charge on any atom is 0.321 e. The van der Waals surface area contributed by atoms with Gasteiger partial charge in [0, 0.05) is 16.4 Å². The molecule has 0 bridgehead atoms. The molecule has 4 rings (SSSR count). The molecule has 39 heavy (non-hydrogen) atoms. The Hall–Kier alpha value is -3.09. The molecule has 204 valence electrons. The number of carboxylic acids is 1. The van der Waals surface area contributed by atoms with Crippen molar-refractivity contribution < 1.29 is 26.7 Å². The van der Waals surface area contributed by atoms with Crippen LogP contribution in [0.5, 0.6) is 0 Å². The van der Waals surface area contributed by atoms with E-state index in [4.69, 9.17) is 0 Å². The Morgan fingerprint density at radius 2 is 1.38 bits per heavy atom. The van der Waals surface area contributed by atoms with Crippen molar-refractivity contribution in [1.29, 1.82) is 0 Å². The van der Waals surface area contributed by atoms with Crippen molar-refractivity contribution >= 4 is 52.7 Å². The summed E-state index contributed by atoms with van der Waals surface area (Å²) in [6, 6.07) is 24.6. The number of benzene rings is 4. The standard InChI is InChI=1S/C28H27BrN2O6S2/c29-23-15-11-20(12-16-23)21-13-17-24(18-14-21)38(34,35)31-26(28(32)33)9-3-4-19-30-39(36,37)27-10-5-7-22-6-1-2-8-25(22)27/h1-2,5-8,10-18,26,30-31H,3-4,9,19H2,(H,32,33). The fourth-order valence-electron chi connectivity index (χ4n) is 4.14. The van der Waals surface area contributed by atoms with Crippen LogP contribution in [0.15, 0.2) is 105 Å². The Bertz CT molecular complexity index is 1670. The molecule has 4 aromatic carbocycles. The minimum atomic E-state index is -4.08. The quantitative estimate of drug-likeness (QED) is 0.186. The number of hydrogen-bond acceptors (Lipinski definition) is 5. The molecule has 0 fully saturated rings. The van der Waals surface area contributed by atoms with Gasteiger partial charge in [-0.25, -0.2) is 21.6 Å². The summed E-state index contributed by atoms with van der Waals surface area (Å²) in [7, 11) is -7.86. The first kappa shape index (κ1) is 28.9. The third-order valence-electron chi connectivity index (χ3n) is 6.19. The molecule has 4 aromatic rings. The summed E-state index contributed by atoms with van der Waals surface area (Å²) in [6.07, 6.45) is 0.624. The van der Waals surface area contributed by atoms with Gasteiger partial charge >= 0.3 is 5.97 Å². The number of halogens is 1. The highest BCUT2D eigenvalue weighted by molar-refractivity contribution is 9.10. The van der Waals surface area contributed by atoms with Crippen LogP contribution in [0.2, 0.25) is 0 Å². The van der Waals surface area contributed by atoms with E-state index in [9.17, 15) is 26.7 Å². The Balaban J connectivity index is 1.33. The molecule has 0 aromatic heterocycles. The zero-order valence-electron chi connectivity index (χ0n) is 20.7. The number of sulfonamides is 2. The van der Waals surface area contributed by atoms with Crippen LogP contribution in [0.3, 0.4) is 0 Å². The average molecular weight is 632 g/mol. The Morgan fingerprint density at radius 1 is 0.769 bits per heavy atom. The molecule has 0 aliphatic carbocycles. The second-order valence-electron chi connectivity index (χ2n) is 8.91. The van der Waals surface area contributed by atoms with Gasteiger partial charge in [0.25, 0.3) is 0 Å². The summed E-state index contributed by atoms with van der Waals surface area (Å²) in [5, 5.41) is 11.0. The van der Waals surface area contributed by atoms with Crippen LogP contribution in [0.4, 0.5) is 0 Å². The summed E-state index contributed by atoms with van der Waals surface area (Å²) in [5.74, 6) is -1.30. The van der Waals surface area contributed by atoms with Gasteiger partial charge in [0.15, 0.2) is 0 Å². The fourth-order valence-corrected chi connectivity index (χ4v) is 6.93. The van der Waals surface area contributed by atoms with Crippen LogP contribution in [-0.2, 0) is 24.8 Å². The molecule has 3 N–H and O–H groups in total. The zero-order valence-corrected chi connectivity index (χ0v) is 24.0. The van der Waals surface area contributed by atoms with E-state index in [0.29, 0.717) is 18.2 Å². The number of aliphatic carboxylic acids is 1. The van der Waals surface area contributed by atoms with Gasteiger partial charge in [0.1, 0.15) is 6.04 Å². The molecule has 11 heteroatoms. The van der Waals surface area contributed by atoms with Gasteiger partial charge in [-0.15, -0.1) is 0 Å². The van der Waals surface area contributed by atoms with Gasteiger partial charge in [-0.2, -0.15) is 4.72 Å². The number of nitrogens with one attached hydrogen (secondary N) is 2. The van der Waals surface area contributed by atoms with E-state index in [0.717, 1.165) is 21.0 Å². The number of fused-ring (bicyclic) bond motifs is 1. The minimum Gasteiger partial charge on any atom is -0.480 e. The van der Waals surface area contributed by atoms with Gasteiger partial charge < -0.3 is 5.11 Å². The largest absolute Gasteiger partial charge is 0.480 e. The second-order valence-corrected chi connectivity index (χ2v) is 13.3. The molecule has 1 atom stereocenters. The van der Waals surface area contributed by atoms with Crippen molar-refractivity contribution in [1.82, 2.24) is 9.44 Å². The Morgan fingerprint density at radius 3 is 2.05 bits per heavy atom. The molecule has 0 heterocycles. The van der Waals surface area contributed by atoms with Gasteiger partial charge in [-0.1, -0.05) is 76.6 Å². The molecule has 0 aliphatic heterocycles. The van der Waals surface area contributed by atoms with Crippen molar-refractivity contribution in [3.8, 4) is 11.1 Å². The minimum absolute atomic E-state index is 0.00152. The van der Waals surface area contributed by atoms with Crippen molar-refractivity contribution in [2.24, 2.45) is 0 Å². The lowest BCUT2D eigenvalue weighted by Gasteiger charge is -2.15. The highest BCUT2D eigenvalue weighted by Gasteiger charge is 2.25. The van der Waals surface area contributed by atoms with Gasteiger partial charge in [-0.3, -0.25) is 4.79 Å². The van der Waals surface area contributed by atoms with Crippen molar-refractivity contribution in [3.63, 3.8) is 0 Å². The van der Waals surface area contributed by atoms with Crippen molar-refractivity contribution in [3.05, 3.63) is 95.5 Å². The summed E-state index contributed by atoms with van der Waals surface area (Å²) in [5.41, 5.74) is 1.73. The lowest BCUT2D eigenvalue weighted by molar-refractivity contribution is -0.139. The first-order chi connectivity index (χ1) is 18.6. The summed E-state index contributed by atoms with van der Waals surface area (Å²) in [6.45, 7) is 0.0855. The molecule has 0 radical (unpaired) electrons. The molecule has 0 saturated heterocycles. The zero-order chi connectivity index (χ0) is 28.0.